The van der Waals surface area contributed by atoms with Crippen LogP contribution in [0.5, 0.6) is 5.75 Å². The van der Waals surface area contributed by atoms with Crippen LogP contribution < -0.4 is 10.5 Å². The van der Waals surface area contributed by atoms with Crippen molar-refractivity contribution in [2.24, 2.45) is 5.73 Å². The Bertz CT molecular complexity index is 408. The molecule has 0 radical (unpaired) electrons. The average Bonchev–Trinajstić information content (AvgIpc) is 2.15. The highest BCUT2D eigenvalue weighted by Crippen LogP contribution is 2.28. The number of benzene rings is 1. The van der Waals surface area contributed by atoms with Crippen LogP contribution in [0.25, 0.3) is 0 Å². The molecule has 0 unspecified atom stereocenters. The highest BCUT2D eigenvalue weighted by molar-refractivity contribution is 6.32. The van der Waals surface area contributed by atoms with Crippen LogP contribution in [0.1, 0.15) is 0 Å². The number of carbonyl (C=O) groups is 1. The molecule has 0 aliphatic heterocycles. The van der Waals surface area contributed by atoms with E-state index in [1.54, 1.807) is 0 Å². The van der Waals surface area contributed by atoms with Gasteiger partial charge < -0.3 is 10.5 Å². The number of rotatable bonds is 4. The summed E-state index contributed by atoms with van der Waals surface area (Å²) < 4.78 is 4.90. The molecule has 0 spiro atoms. The minimum absolute atomic E-state index is 0.0606. The summed E-state index contributed by atoms with van der Waals surface area (Å²) >= 11 is 5.68. The van der Waals surface area contributed by atoms with Gasteiger partial charge in [0.25, 0.3) is 11.6 Å². The number of carbonyl (C=O) groups excluding carboxylic acids is 1. The minimum Gasteiger partial charge on any atom is -0.482 e. The third kappa shape index (κ3) is 3.10. The quantitative estimate of drug-likeness (QED) is 0.619. The van der Waals surface area contributed by atoms with Gasteiger partial charge in [0.05, 0.1) is 9.95 Å². The van der Waals surface area contributed by atoms with Gasteiger partial charge in [-0.05, 0) is 6.07 Å². The molecule has 0 bridgehead atoms. The number of ether oxygens (including phenoxy) is 1. The van der Waals surface area contributed by atoms with Crippen molar-refractivity contribution in [2.75, 3.05) is 6.61 Å². The van der Waals surface area contributed by atoms with E-state index in [2.05, 4.69) is 0 Å². The lowest BCUT2D eigenvalue weighted by Crippen LogP contribution is -2.20. The first-order chi connectivity index (χ1) is 7.00. The summed E-state index contributed by atoms with van der Waals surface area (Å²) in [6.07, 6.45) is 0. The van der Waals surface area contributed by atoms with Gasteiger partial charge in [-0.15, -0.1) is 0 Å². The summed E-state index contributed by atoms with van der Waals surface area (Å²) in [4.78, 5) is 20.2. The predicted octanol–water partition coefficient (Wildman–Crippen LogP) is 1.11. The molecule has 0 saturated carbocycles. The first kappa shape index (κ1) is 11.3. The molecule has 80 valence electrons. The number of nitro benzene ring substituents is 1. The van der Waals surface area contributed by atoms with Gasteiger partial charge in [0.1, 0.15) is 5.75 Å². The van der Waals surface area contributed by atoms with Crippen molar-refractivity contribution in [3.8, 4) is 5.75 Å². The summed E-state index contributed by atoms with van der Waals surface area (Å²) in [5.74, 6) is -0.467. The maximum atomic E-state index is 10.4. The number of hydrogen-bond donors (Lipinski definition) is 1. The van der Waals surface area contributed by atoms with Crippen LogP contribution in [0.15, 0.2) is 18.2 Å². The predicted molar refractivity (Wildman–Crippen MR) is 52.8 cm³/mol. The van der Waals surface area contributed by atoms with E-state index < -0.39 is 10.8 Å². The molecule has 1 rings (SSSR count). The summed E-state index contributed by atoms with van der Waals surface area (Å²) in [6.45, 7) is -0.322. The Hall–Kier alpha value is -1.82. The monoisotopic (exact) mass is 230 g/mol. The van der Waals surface area contributed by atoms with Crippen molar-refractivity contribution < 1.29 is 14.5 Å². The number of nitro groups is 1. The van der Waals surface area contributed by atoms with E-state index in [-0.39, 0.29) is 23.1 Å². The summed E-state index contributed by atoms with van der Waals surface area (Å²) in [7, 11) is 0. The van der Waals surface area contributed by atoms with Gasteiger partial charge in [-0.2, -0.15) is 0 Å². The molecule has 0 heterocycles. The van der Waals surface area contributed by atoms with Crippen LogP contribution >= 0.6 is 11.6 Å². The molecule has 0 saturated heterocycles. The van der Waals surface area contributed by atoms with Gasteiger partial charge in [-0.3, -0.25) is 14.9 Å². The molecular weight excluding hydrogens is 224 g/mol. The number of hydrogen-bond acceptors (Lipinski definition) is 4. The van der Waals surface area contributed by atoms with Crippen molar-refractivity contribution in [3.63, 3.8) is 0 Å². The summed E-state index contributed by atoms with van der Waals surface area (Å²) in [6, 6.07) is 3.67. The second-order valence-electron chi connectivity index (χ2n) is 2.63. The molecule has 1 amide bonds. The molecule has 0 aliphatic carbocycles. The first-order valence-corrected chi connectivity index (χ1v) is 4.23. The number of halogens is 1. The zero-order valence-corrected chi connectivity index (χ0v) is 8.23. The highest BCUT2D eigenvalue weighted by Gasteiger charge is 2.10. The standard InChI is InChI=1S/C8H7ClN2O4/c9-6-3-5(11(13)14)1-2-7(6)15-4-8(10)12/h1-3H,4H2,(H2,10,12). The van der Waals surface area contributed by atoms with Crippen LogP contribution in [-0.2, 0) is 4.79 Å². The van der Waals surface area contributed by atoms with Crippen LogP contribution in [-0.4, -0.2) is 17.4 Å². The molecular formula is C8H7ClN2O4. The molecule has 0 aliphatic rings. The van der Waals surface area contributed by atoms with Crippen LogP contribution in [0, 0.1) is 10.1 Å². The number of nitrogens with two attached hydrogens (primary N) is 1. The largest absolute Gasteiger partial charge is 0.482 e. The SMILES string of the molecule is NC(=O)COc1ccc([N+](=O)[O-])cc1Cl. The van der Waals surface area contributed by atoms with Gasteiger partial charge in [0.2, 0.25) is 0 Å². The normalized spacial score (nSPS) is 9.67. The second-order valence-corrected chi connectivity index (χ2v) is 3.03. The number of primary amides is 1. The fourth-order valence-corrected chi connectivity index (χ4v) is 1.10. The minimum atomic E-state index is -0.649. The van der Waals surface area contributed by atoms with E-state index >= 15 is 0 Å². The Labute approximate surface area is 89.7 Å². The zero-order chi connectivity index (χ0) is 11.4. The van der Waals surface area contributed by atoms with Crippen molar-refractivity contribution >= 4 is 23.2 Å². The van der Waals surface area contributed by atoms with Gasteiger partial charge in [-0.25, -0.2) is 0 Å². The molecule has 7 heteroatoms. The Kier molecular flexibility index (Phi) is 3.46. The highest BCUT2D eigenvalue weighted by atomic mass is 35.5. The molecule has 2 N–H and O–H groups in total. The van der Waals surface area contributed by atoms with E-state index in [4.69, 9.17) is 22.1 Å². The van der Waals surface area contributed by atoms with E-state index in [0.717, 1.165) is 6.07 Å². The van der Waals surface area contributed by atoms with Crippen LogP contribution in [0.4, 0.5) is 5.69 Å². The van der Waals surface area contributed by atoms with Gasteiger partial charge in [0, 0.05) is 12.1 Å². The molecule has 15 heavy (non-hydrogen) atoms. The van der Waals surface area contributed by atoms with Crippen molar-refractivity contribution in [1.82, 2.24) is 0 Å². The Morgan fingerprint density at radius 1 is 1.60 bits per heavy atom. The molecule has 1 aromatic rings. The average molecular weight is 231 g/mol. The third-order valence-corrected chi connectivity index (χ3v) is 1.79. The topological polar surface area (TPSA) is 95.5 Å². The Morgan fingerprint density at radius 2 is 2.27 bits per heavy atom. The second kappa shape index (κ2) is 4.61. The lowest BCUT2D eigenvalue weighted by molar-refractivity contribution is -0.384. The Balaban J connectivity index is 2.83. The third-order valence-electron chi connectivity index (χ3n) is 1.50. The van der Waals surface area contributed by atoms with E-state index in [0.29, 0.717) is 0 Å². The van der Waals surface area contributed by atoms with Gasteiger partial charge in [0.15, 0.2) is 6.61 Å². The fraction of sp³-hybridized carbons (Fsp3) is 0.125. The maximum Gasteiger partial charge on any atom is 0.271 e. The molecule has 0 fully saturated rings. The summed E-state index contributed by atoms with van der Waals surface area (Å²) in [5, 5.41) is 10.4. The molecule has 1 aromatic carbocycles. The van der Waals surface area contributed by atoms with Gasteiger partial charge in [-0.1, -0.05) is 11.6 Å². The Morgan fingerprint density at radius 3 is 2.73 bits per heavy atom. The maximum absolute atomic E-state index is 10.4. The van der Waals surface area contributed by atoms with Crippen molar-refractivity contribution in [1.29, 1.82) is 0 Å². The molecule has 6 nitrogen and oxygen atoms in total. The number of amides is 1. The first-order valence-electron chi connectivity index (χ1n) is 3.85. The van der Waals surface area contributed by atoms with E-state index in [9.17, 15) is 14.9 Å². The van der Waals surface area contributed by atoms with Gasteiger partial charge >= 0.3 is 0 Å². The number of non-ortho nitro benzene ring substituents is 1. The van der Waals surface area contributed by atoms with Crippen LogP contribution in [0.2, 0.25) is 5.02 Å². The fourth-order valence-electron chi connectivity index (χ4n) is 0.869. The lowest BCUT2D eigenvalue weighted by Gasteiger charge is -2.04. The van der Waals surface area contributed by atoms with Crippen LogP contribution in [0.3, 0.4) is 0 Å². The summed E-state index contributed by atoms with van der Waals surface area (Å²) in [5.41, 5.74) is 4.71. The van der Waals surface area contributed by atoms with E-state index in [1.807, 2.05) is 0 Å². The van der Waals surface area contributed by atoms with Crippen molar-refractivity contribution in [3.05, 3.63) is 33.3 Å². The molecule has 0 aromatic heterocycles. The van der Waals surface area contributed by atoms with Crippen molar-refractivity contribution in [2.45, 2.75) is 0 Å². The van der Waals surface area contributed by atoms with E-state index in [1.165, 1.54) is 12.1 Å². The molecule has 0 atom stereocenters. The lowest BCUT2D eigenvalue weighted by atomic mass is 10.3. The number of nitrogens with zero attached hydrogens (tertiary/aromatic N) is 1. The zero-order valence-electron chi connectivity index (χ0n) is 7.47. The smallest absolute Gasteiger partial charge is 0.271 e.